The zero-order valence-electron chi connectivity index (χ0n) is 8.01. The van der Waals surface area contributed by atoms with E-state index in [1.54, 1.807) is 7.11 Å². The van der Waals surface area contributed by atoms with Gasteiger partial charge in [0.05, 0.1) is 25.7 Å². The van der Waals surface area contributed by atoms with E-state index in [-0.39, 0.29) is 30.7 Å². The van der Waals surface area contributed by atoms with Gasteiger partial charge in [0.15, 0.2) is 0 Å². The number of hydrogen-bond donors (Lipinski definition) is 1. The van der Waals surface area contributed by atoms with Gasteiger partial charge in [-0.2, -0.15) is 0 Å². The maximum absolute atomic E-state index is 10.6. The van der Waals surface area contributed by atoms with E-state index in [9.17, 15) is 4.79 Å². The normalized spacial score (nSPS) is 41.2. The van der Waals surface area contributed by atoms with Crippen molar-refractivity contribution in [2.45, 2.75) is 24.7 Å². The lowest BCUT2D eigenvalue weighted by Crippen LogP contribution is -2.31. The second-order valence-corrected chi connectivity index (χ2v) is 3.73. The minimum absolute atomic E-state index is 0.0300. The Bertz CT molecular complexity index is 229. The summed E-state index contributed by atoms with van der Waals surface area (Å²) < 4.78 is 16.1. The van der Waals surface area contributed by atoms with Crippen molar-refractivity contribution in [3.63, 3.8) is 0 Å². The van der Waals surface area contributed by atoms with Crippen LogP contribution in [0.3, 0.4) is 0 Å². The molecule has 0 aromatic heterocycles. The number of carboxylic acid groups (broad SMARTS) is 1. The molecule has 0 amide bonds. The van der Waals surface area contributed by atoms with Gasteiger partial charge in [-0.05, 0) is 0 Å². The number of carbonyl (C=O) groups is 1. The molecule has 0 aromatic carbocycles. The number of fused-ring (bicyclic) bond motifs is 1. The van der Waals surface area contributed by atoms with E-state index in [2.05, 4.69) is 0 Å². The first-order chi connectivity index (χ1) is 6.72. The van der Waals surface area contributed by atoms with Crippen molar-refractivity contribution < 1.29 is 24.1 Å². The van der Waals surface area contributed by atoms with E-state index in [1.165, 1.54) is 0 Å². The van der Waals surface area contributed by atoms with Crippen LogP contribution in [-0.2, 0) is 19.0 Å². The molecular formula is C9H14O5. The van der Waals surface area contributed by atoms with Crippen LogP contribution in [0.1, 0.15) is 6.42 Å². The van der Waals surface area contributed by atoms with Crippen molar-refractivity contribution in [3.8, 4) is 0 Å². The Kier molecular flexibility index (Phi) is 2.71. The fourth-order valence-electron chi connectivity index (χ4n) is 2.14. The SMILES string of the molecule is COC1COC2C(CC(=O)O)COC12. The molecule has 0 aliphatic carbocycles. The largest absolute Gasteiger partial charge is 0.481 e. The maximum atomic E-state index is 10.6. The highest BCUT2D eigenvalue weighted by Gasteiger charge is 2.48. The molecule has 2 heterocycles. The zero-order chi connectivity index (χ0) is 10.1. The van der Waals surface area contributed by atoms with Crippen LogP contribution < -0.4 is 0 Å². The summed E-state index contributed by atoms with van der Waals surface area (Å²) in [6.45, 7) is 0.962. The Balaban J connectivity index is 1.97. The summed E-state index contributed by atoms with van der Waals surface area (Å²) >= 11 is 0. The first kappa shape index (κ1) is 9.89. The van der Waals surface area contributed by atoms with E-state index in [0.29, 0.717) is 13.2 Å². The quantitative estimate of drug-likeness (QED) is 0.691. The molecule has 2 saturated heterocycles. The number of rotatable bonds is 3. The Hall–Kier alpha value is -0.650. The minimum atomic E-state index is -0.802. The number of aliphatic carboxylic acids is 1. The van der Waals surface area contributed by atoms with Crippen molar-refractivity contribution in [1.82, 2.24) is 0 Å². The highest BCUT2D eigenvalue weighted by Crippen LogP contribution is 2.33. The van der Waals surface area contributed by atoms with Gasteiger partial charge in [-0.15, -0.1) is 0 Å². The molecule has 0 radical (unpaired) electrons. The predicted molar refractivity (Wildman–Crippen MR) is 46.0 cm³/mol. The molecule has 5 heteroatoms. The van der Waals surface area contributed by atoms with Crippen LogP contribution in [0.2, 0.25) is 0 Å². The molecule has 4 unspecified atom stereocenters. The van der Waals surface area contributed by atoms with E-state index in [4.69, 9.17) is 19.3 Å². The third-order valence-corrected chi connectivity index (χ3v) is 2.85. The van der Waals surface area contributed by atoms with Crippen LogP contribution in [0.4, 0.5) is 0 Å². The van der Waals surface area contributed by atoms with Gasteiger partial charge in [0.2, 0.25) is 0 Å². The minimum Gasteiger partial charge on any atom is -0.481 e. The van der Waals surface area contributed by atoms with Crippen molar-refractivity contribution in [2.24, 2.45) is 5.92 Å². The number of methoxy groups -OCH3 is 1. The lowest BCUT2D eigenvalue weighted by molar-refractivity contribution is -0.138. The standard InChI is InChI=1S/C9H14O5/c1-12-6-4-14-8-5(2-7(10)11)3-13-9(6)8/h5-6,8-9H,2-4H2,1H3,(H,10,11). The molecule has 2 aliphatic heterocycles. The van der Waals surface area contributed by atoms with Crippen LogP contribution >= 0.6 is 0 Å². The Morgan fingerprint density at radius 3 is 2.79 bits per heavy atom. The highest BCUT2D eigenvalue weighted by molar-refractivity contribution is 5.67. The van der Waals surface area contributed by atoms with Crippen molar-refractivity contribution in [3.05, 3.63) is 0 Å². The number of hydrogen-bond acceptors (Lipinski definition) is 4. The molecule has 2 aliphatic rings. The molecule has 5 nitrogen and oxygen atoms in total. The lowest BCUT2D eigenvalue weighted by Gasteiger charge is -2.14. The zero-order valence-corrected chi connectivity index (χ0v) is 8.01. The van der Waals surface area contributed by atoms with Crippen LogP contribution in [-0.4, -0.2) is 49.7 Å². The summed E-state index contributed by atoms with van der Waals surface area (Å²) in [5, 5.41) is 8.67. The Labute approximate surface area is 81.9 Å². The fraction of sp³-hybridized carbons (Fsp3) is 0.889. The van der Waals surface area contributed by atoms with Crippen molar-refractivity contribution >= 4 is 5.97 Å². The smallest absolute Gasteiger partial charge is 0.303 e. The molecule has 14 heavy (non-hydrogen) atoms. The average Bonchev–Trinajstić information content (AvgIpc) is 2.67. The van der Waals surface area contributed by atoms with Gasteiger partial charge >= 0.3 is 5.97 Å². The van der Waals surface area contributed by atoms with Crippen LogP contribution in [0.5, 0.6) is 0 Å². The second-order valence-electron chi connectivity index (χ2n) is 3.73. The second kappa shape index (κ2) is 3.84. The molecule has 2 fully saturated rings. The van der Waals surface area contributed by atoms with Gasteiger partial charge in [0.25, 0.3) is 0 Å². The van der Waals surface area contributed by atoms with E-state index in [0.717, 1.165) is 0 Å². The molecule has 0 aromatic rings. The van der Waals surface area contributed by atoms with Crippen LogP contribution in [0.15, 0.2) is 0 Å². The van der Waals surface area contributed by atoms with Gasteiger partial charge in [-0.25, -0.2) is 0 Å². The number of carboxylic acids is 1. The molecule has 1 N–H and O–H groups in total. The lowest BCUT2D eigenvalue weighted by atomic mass is 9.98. The molecule has 0 spiro atoms. The number of ether oxygens (including phenoxy) is 3. The van der Waals surface area contributed by atoms with Gasteiger partial charge in [0.1, 0.15) is 12.2 Å². The van der Waals surface area contributed by atoms with E-state index < -0.39 is 5.97 Å². The summed E-state index contributed by atoms with van der Waals surface area (Å²) in [6, 6.07) is 0. The van der Waals surface area contributed by atoms with Gasteiger partial charge in [-0.3, -0.25) is 4.79 Å². The van der Waals surface area contributed by atoms with Gasteiger partial charge < -0.3 is 19.3 Å². The van der Waals surface area contributed by atoms with Crippen LogP contribution in [0, 0.1) is 5.92 Å². The van der Waals surface area contributed by atoms with Crippen molar-refractivity contribution in [2.75, 3.05) is 20.3 Å². The Morgan fingerprint density at radius 2 is 2.14 bits per heavy atom. The molecule has 4 atom stereocenters. The molecule has 80 valence electrons. The van der Waals surface area contributed by atoms with Crippen molar-refractivity contribution in [1.29, 1.82) is 0 Å². The summed E-state index contributed by atoms with van der Waals surface area (Å²) in [7, 11) is 1.62. The molecule has 0 bridgehead atoms. The van der Waals surface area contributed by atoms with E-state index in [1.807, 2.05) is 0 Å². The molecule has 0 saturated carbocycles. The van der Waals surface area contributed by atoms with E-state index >= 15 is 0 Å². The fourth-order valence-corrected chi connectivity index (χ4v) is 2.14. The molecular weight excluding hydrogens is 188 g/mol. The third kappa shape index (κ3) is 1.63. The maximum Gasteiger partial charge on any atom is 0.303 e. The summed E-state index contributed by atoms with van der Waals surface area (Å²) in [4.78, 5) is 10.6. The first-order valence-electron chi connectivity index (χ1n) is 4.70. The summed E-state index contributed by atoms with van der Waals surface area (Å²) in [6.07, 6.45) is -0.114. The van der Waals surface area contributed by atoms with Gasteiger partial charge in [-0.1, -0.05) is 0 Å². The Morgan fingerprint density at radius 1 is 1.43 bits per heavy atom. The molecule has 2 rings (SSSR count). The predicted octanol–water partition coefficient (Wildman–Crippen LogP) is -0.110. The monoisotopic (exact) mass is 202 g/mol. The average molecular weight is 202 g/mol. The topological polar surface area (TPSA) is 65.0 Å². The summed E-state index contributed by atoms with van der Waals surface area (Å²) in [5.41, 5.74) is 0. The third-order valence-electron chi connectivity index (χ3n) is 2.85. The highest BCUT2D eigenvalue weighted by atomic mass is 16.6. The van der Waals surface area contributed by atoms with Gasteiger partial charge in [0, 0.05) is 13.0 Å². The van der Waals surface area contributed by atoms with Crippen LogP contribution in [0.25, 0.3) is 0 Å². The first-order valence-corrected chi connectivity index (χ1v) is 4.70. The summed E-state index contributed by atoms with van der Waals surface area (Å²) in [5.74, 6) is -0.832.